The third-order valence-corrected chi connectivity index (χ3v) is 8.40. The van der Waals surface area contributed by atoms with E-state index in [-0.39, 0.29) is 24.0 Å². The van der Waals surface area contributed by atoms with E-state index in [1.54, 1.807) is 45.2 Å². The number of hydrogen-bond acceptors (Lipinski definition) is 6. The molecular formula is C36H52N4O5. The van der Waals surface area contributed by atoms with E-state index in [0.717, 1.165) is 25.7 Å². The highest BCUT2D eigenvalue weighted by atomic mass is 16.6. The number of carbonyl (C=O) groups excluding carboxylic acids is 3. The van der Waals surface area contributed by atoms with Crippen LogP contribution in [0.1, 0.15) is 90.8 Å². The van der Waals surface area contributed by atoms with Crippen LogP contribution in [0.15, 0.2) is 61.2 Å². The predicted octanol–water partition coefficient (Wildman–Crippen LogP) is 6.37. The van der Waals surface area contributed by atoms with E-state index in [1.165, 1.54) is 12.7 Å². The summed E-state index contributed by atoms with van der Waals surface area (Å²) < 4.78 is 5.45. The fourth-order valence-corrected chi connectivity index (χ4v) is 5.87. The molecule has 1 heterocycles. The summed E-state index contributed by atoms with van der Waals surface area (Å²) in [5.74, 6) is -1.57. The van der Waals surface area contributed by atoms with Crippen molar-refractivity contribution in [2.45, 2.75) is 104 Å². The van der Waals surface area contributed by atoms with Gasteiger partial charge in [0.1, 0.15) is 11.5 Å². The number of aliphatic hydroxyl groups is 1. The second kappa shape index (κ2) is 17.1. The van der Waals surface area contributed by atoms with Gasteiger partial charge in [-0.2, -0.15) is 0 Å². The Balaban J connectivity index is 1.95. The van der Waals surface area contributed by atoms with Gasteiger partial charge in [-0.15, -0.1) is 6.58 Å². The first-order chi connectivity index (χ1) is 21.4. The van der Waals surface area contributed by atoms with Gasteiger partial charge in [0, 0.05) is 18.3 Å². The number of imidazole rings is 1. The second-order valence-corrected chi connectivity index (χ2v) is 13.6. The number of nitrogens with one attached hydrogen (secondary N) is 3. The highest BCUT2D eigenvalue weighted by Crippen LogP contribution is 2.30. The molecule has 0 aliphatic heterocycles. The molecule has 246 valence electrons. The maximum absolute atomic E-state index is 14.3. The van der Waals surface area contributed by atoms with Crippen LogP contribution in [0.2, 0.25) is 0 Å². The minimum absolute atomic E-state index is 0.0281. The lowest BCUT2D eigenvalue weighted by Gasteiger charge is -2.33. The number of nitrogens with zero attached hydrogens (tertiary/aromatic N) is 1. The number of hydrogen-bond donors (Lipinski definition) is 4. The highest BCUT2D eigenvalue weighted by molar-refractivity contribution is 6.12. The maximum Gasteiger partial charge on any atom is 0.412 e. The molecule has 0 unspecified atom stereocenters. The molecule has 0 radical (unpaired) electrons. The SMILES string of the molecule is C=C[C@@H](C[C@H](O)[C@H](CC1CCCCC1)NC(=O)[C@@H](Cc1cnc[nH]1)C(=O)C(=Cc1ccccc1)NC(=O)OC(C)(C)C)C(C)C. The predicted molar refractivity (Wildman–Crippen MR) is 177 cm³/mol. The lowest BCUT2D eigenvalue weighted by atomic mass is 9.81. The Hall–Kier alpha value is -3.72. The Morgan fingerprint density at radius 2 is 1.82 bits per heavy atom. The summed E-state index contributed by atoms with van der Waals surface area (Å²) in [7, 11) is 0. The zero-order valence-electron chi connectivity index (χ0n) is 27.6. The van der Waals surface area contributed by atoms with E-state index in [0.29, 0.717) is 30.0 Å². The van der Waals surface area contributed by atoms with Gasteiger partial charge >= 0.3 is 6.09 Å². The van der Waals surface area contributed by atoms with Gasteiger partial charge in [0.2, 0.25) is 5.91 Å². The first-order valence-electron chi connectivity index (χ1n) is 16.3. The zero-order chi connectivity index (χ0) is 33.0. The molecule has 0 bridgehead atoms. The van der Waals surface area contributed by atoms with Crippen LogP contribution >= 0.6 is 0 Å². The molecule has 3 rings (SSSR count). The summed E-state index contributed by atoms with van der Waals surface area (Å²) in [6.45, 7) is 13.3. The Morgan fingerprint density at radius 1 is 1.13 bits per heavy atom. The van der Waals surface area contributed by atoms with E-state index >= 15 is 0 Å². The largest absolute Gasteiger partial charge is 0.444 e. The number of Topliss-reactive ketones (excluding diaryl/α,β-unsaturated/α-hetero) is 1. The molecule has 1 aromatic heterocycles. The number of H-pyrrole nitrogens is 1. The van der Waals surface area contributed by atoms with Crippen LogP contribution < -0.4 is 10.6 Å². The van der Waals surface area contributed by atoms with Gasteiger partial charge in [-0.1, -0.05) is 82.4 Å². The highest BCUT2D eigenvalue weighted by Gasteiger charge is 2.35. The van der Waals surface area contributed by atoms with Gasteiger partial charge in [-0.3, -0.25) is 14.9 Å². The Labute approximate surface area is 268 Å². The van der Waals surface area contributed by atoms with Crippen LogP contribution in [0.3, 0.4) is 0 Å². The van der Waals surface area contributed by atoms with Gasteiger partial charge in [-0.25, -0.2) is 9.78 Å². The molecule has 0 spiro atoms. The normalized spacial score (nSPS) is 17.2. The van der Waals surface area contributed by atoms with Gasteiger partial charge in [0.05, 0.1) is 24.2 Å². The molecule has 0 saturated heterocycles. The molecule has 1 aliphatic rings. The Kier molecular flexibility index (Phi) is 13.6. The van der Waals surface area contributed by atoms with Crippen molar-refractivity contribution < 1.29 is 24.2 Å². The molecule has 2 aromatic rings. The van der Waals surface area contributed by atoms with Crippen LogP contribution in [0.4, 0.5) is 4.79 Å². The van der Waals surface area contributed by atoms with Crippen molar-refractivity contribution in [2.75, 3.05) is 0 Å². The fourth-order valence-electron chi connectivity index (χ4n) is 5.87. The summed E-state index contributed by atoms with van der Waals surface area (Å²) in [4.78, 5) is 48.3. The quantitative estimate of drug-likeness (QED) is 0.104. The number of aromatic nitrogens is 2. The van der Waals surface area contributed by atoms with E-state index in [2.05, 4.69) is 41.0 Å². The molecule has 2 amide bonds. The lowest BCUT2D eigenvalue weighted by Crippen LogP contribution is -2.50. The van der Waals surface area contributed by atoms with Gasteiger partial charge in [0.15, 0.2) is 5.78 Å². The van der Waals surface area contributed by atoms with Crippen molar-refractivity contribution >= 4 is 23.9 Å². The Morgan fingerprint density at radius 3 is 2.40 bits per heavy atom. The average Bonchev–Trinajstić information content (AvgIpc) is 3.51. The third-order valence-electron chi connectivity index (χ3n) is 8.40. The van der Waals surface area contributed by atoms with E-state index in [9.17, 15) is 19.5 Å². The molecule has 9 heteroatoms. The van der Waals surface area contributed by atoms with Crippen molar-refractivity contribution in [1.29, 1.82) is 0 Å². The number of carbonyl (C=O) groups is 3. The van der Waals surface area contributed by atoms with Crippen molar-refractivity contribution in [3.8, 4) is 0 Å². The molecular weight excluding hydrogens is 568 g/mol. The van der Waals surface area contributed by atoms with Gasteiger partial charge < -0.3 is 20.1 Å². The number of amides is 2. The topological polar surface area (TPSA) is 133 Å². The summed E-state index contributed by atoms with van der Waals surface area (Å²) in [6.07, 6.45) is 11.5. The third kappa shape index (κ3) is 12.0. The number of aromatic amines is 1. The Bertz CT molecular complexity index is 1260. The van der Waals surface area contributed by atoms with Gasteiger partial charge in [0.25, 0.3) is 0 Å². The van der Waals surface area contributed by atoms with Crippen LogP contribution in [0.5, 0.6) is 0 Å². The van der Waals surface area contributed by atoms with Crippen LogP contribution in [0.25, 0.3) is 6.08 Å². The zero-order valence-corrected chi connectivity index (χ0v) is 27.6. The minimum atomic E-state index is -1.21. The average molecular weight is 621 g/mol. The van der Waals surface area contributed by atoms with Crippen molar-refractivity contribution in [3.05, 3.63) is 72.5 Å². The minimum Gasteiger partial charge on any atom is -0.444 e. The molecule has 9 nitrogen and oxygen atoms in total. The molecule has 1 aromatic carbocycles. The fraction of sp³-hybridized carbons (Fsp3) is 0.556. The van der Waals surface area contributed by atoms with Gasteiger partial charge in [-0.05, 0) is 63.0 Å². The second-order valence-electron chi connectivity index (χ2n) is 13.6. The van der Waals surface area contributed by atoms with Crippen LogP contribution in [-0.2, 0) is 20.7 Å². The lowest BCUT2D eigenvalue weighted by molar-refractivity contribution is -0.133. The molecule has 1 saturated carbocycles. The number of allylic oxidation sites excluding steroid dienone is 2. The number of benzene rings is 1. The van der Waals surface area contributed by atoms with Crippen LogP contribution in [0, 0.1) is 23.7 Å². The van der Waals surface area contributed by atoms with E-state index in [4.69, 9.17) is 4.74 Å². The molecule has 1 fully saturated rings. The number of ketones is 1. The monoisotopic (exact) mass is 620 g/mol. The first-order valence-corrected chi connectivity index (χ1v) is 16.3. The number of aliphatic hydroxyl groups excluding tert-OH is 1. The van der Waals surface area contributed by atoms with Crippen LogP contribution in [-0.4, -0.2) is 50.6 Å². The van der Waals surface area contributed by atoms with E-state index in [1.807, 2.05) is 24.3 Å². The van der Waals surface area contributed by atoms with Crippen molar-refractivity contribution in [1.82, 2.24) is 20.6 Å². The van der Waals surface area contributed by atoms with E-state index < -0.39 is 41.4 Å². The molecule has 1 aliphatic carbocycles. The van der Waals surface area contributed by atoms with Crippen molar-refractivity contribution in [2.24, 2.45) is 23.7 Å². The summed E-state index contributed by atoms with van der Waals surface area (Å²) in [5, 5.41) is 17.2. The summed E-state index contributed by atoms with van der Waals surface area (Å²) in [6, 6.07) is 8.55. The first kappa shape index (κ1) is 35.8. The summed E-state index contributed by atoms with van der Waals surface area (Å²) >= 11 is 0. The maximum atomic E-state index is 14.3. The summed E-state index contributed by atoms with van der Waals surface area (Å²) in [5.41, 5.74) is 0.411. The molecule has 4 atom stereocenters. The smallest absolute Gasteiger partial charge is 0.412 e. The standard InChI is InChI=1S/C36H52N4O5/c1-7-27(24(2)3)20-32(41)30(18-25-14-10-8-11-15-25)39-34(43)29(21-28-22-37-23-38-28)33(42)31(19-26-16-12-9-13-17-26)40-35(44)45-36(4,5)6/h7,9,12-13,16-17,19,22-25,27,29-30,32,41H,1,8,10-11,14-15,18,20-21H2,2-6H3,(H,37,38)(H,39,43)(H,40,44)/t27-,29-,30-,32-/m0/s1. The number of alkyl carbamates (subject to hydrolysis) is 1. The molecule has 4 N–H and O–H groups in total. The molecule has 45 heavy (non-hydrogen) atoms. The van der Waals surface area contributed by atoms with Crippen molar-refractivity contribution in [3.63, 3.8) is 0 Å². The number of rotatable bonds is 15. The number of ether oxygens (including phenoxy) is 1.